The summed E-state index contributed by atoms with van der Waals surface area (Å²) < 4.78 is 11.3. The third kappa shape index (κ3) is 4.01. The molecule has 4 aromatic rings. The van der Waals surface area contributed by atoms with Gasteiger partial charge in [0.05, 0.1) is 18.4 Å². The van der Waals surface area contributed by atoms with E-state index in [1.807, 2.05) is 67.6 Å². The van der Waals surface area contributed by atoms with E-state index >= 15 is 0 Å². The zero-order valence-corrected chi connectivity index (χ0v) is 15.3. The molecule has 2 heterocycles. The Bertz CT molecular complexity index is 1040. The number of furan rings is 1. The van der Waals surface area contributed by atoms with Gasteiger partial charge < -0.3 is 14.5 Å². The van der Waals surface area contributed by atoms with Gasteiger partial charge in [-0.3, -0.25) is 4.79 Å². The summed E-state index contributed by atoms with van der Waals surface area (Å²) in [5.74, 6) is 1.49. The monoisotopic (exact) mass is 373 g/mol. The Kier molecular flexibility index (Phi) is 5.01. The predicted molar refractivity (Wildman–Crippen MR) is 106 cm³/mol. The number of aromatic nitrogens is 2. The van der Waals surface area contributed by atoms with Gasteiger partial charge in [-0.2, -0.15) is 0 Å². The molecule has 0 spiro atoms. The molecule has 2 aromatic carbocycles. The number of amides is 1. The molecule has 0 saturated carbocycles. The fraction of sp³-hybridized carbons (Fsp3) is 0.136. The van der Waals surface area contributed by atoms with E-state index in [1.54, 1.807) is 12.4 Å². The topological polar surface area (TPSA) is 77.2 Å². The summed E-state index contributed by atoms with van der Waals surface area (Å²) in [5.41, 5.74) is 1.72. The highest BCUT2D eigenvalue weighted by Crippen LogP contribution is 2.23. The Hall–Kier alpha value is -3.67. The number of hydrogen-bond acceptors (Lipinski definition) is 5. The van der Waals surface area contributed by atoms with Crippen LogP contribution in [-0.2, 0) is 4.79 Å². The molecule has 6 nitrogen and oxygen atoms in total. The summed E-state index contributed by atoms with van der Waals surface area (Å²) in [4.78, 5) is 20.7. The lowest BCUT2D eigenvalue weighted by atomic mass is 10.2. The number of nitrogens with one attached hydrogen (secondary N) is 1. The van der Waals surface area contributed by atoms with Gasteiger partial charge in [-0.1, -0.05) is 48.5 Å². The Labute approximate surface area is 162 Å². The highest BCUT2D eigenvalue weighted by molar-refractivity contribution is 5.79. The first kappa shape index (κ1) is 17.7. The largest absolute Gasteiger partial charge is 0.481 e. The van der Waals surface area contributed by atoms with Crippen molar-refractivity contribution in [2.24, 2.45) is 0 Å². The number of nitrogens with zero attached hydrogens (tertiary/aromatic N) is 2. The van der Waals surface area contributed by atoms with Gasteiger partial charge in [-0.15, -0.1) is 0 Å². The number of hydrogen-bond donors (Lipinski definition) is 1. The molecule has 0 aliphatic carbocycles. The van der Waals surface area contributed by atoms with Crippen molar-refractivity contribution in [3.8, 4) is 17.1 Å². The molecule has 1 amide bonds. The van der Waals surface area contributed by atoms with E-state index in [1.165, 1.54) is 0 Å². The molecule has 2 aromatic heterocycles. The zero-order valence-electron chi connectivity index (χ0n) is 15.3. The van der Waals surface area contributed by atoms with E-state index < -0.39 is 0 Å². The molecule has 0 fully saturated rings. The molecule has 28 heavy (non-hydrogen) atoms. The standard InChI is InChI=1S/C22H19N3O3/c1-15(20-11-17-9-5-6-10-19(17)28-20)25-21(26)14-27-18-12-23-22(24-13-18)16-7-3-2-4-8-16/h2-13,15H,14H2,1H3,(H,25,26)/t15-/m1/s1. The Balaban J connectivity index is 1.32. The van der Waals surface area contributed by atoms with Crippen molar-refractivity contribution in [2.45, 2.75) is 13.0 Å². The Morgan fingerprint density at radius 2 is 1.79 bits per heavy atom. The summed E-state index contributed by atoms with van der Waals surface area (Å²) in [6.07, 6.45) is 3.12. The molecule has 1 atom stereocenters. The Morgan fingerprint density at radius 1 is 1.07 bits per heavy atom. The minimum atomic E-state index is -0.264. The molecule has 0 aliphatic heterocycles. The van der Waals surface area contributed by atoms with Gasteiger partial charge in [-0.05, 0) is 19.1 Å². The summed E-state index contributed by atoms with van der Waals surface area (Å²) in [6, 6.07) is 19.1. The molecular weight excluding hydrogens is 354 g/mol. The van der Waals surface area contributed by atoms with Crippen molar-refractivity contribution in [1.82, 2.24) is 15.3 Å². The van der Waals surface area contributed by atoms with E-state index in [4.69, 9.17) is 9.15 Å². The third-order valence-electron chi connectivity index (χ3n) is 4.28. The van der Waals surface area contributed by atoms with E-state index in [9.17, 15) is 4.79 Å². The van der Waals surface area contributed by atoms with Gasteiger partial charge in [0, 0.05) is 10.9 Å². The van der Waals surface area contributed by atoms with E-state index in [2.05, 4.69) is 15.3 Å². The van der Waals surface area contributed by atoms with Crippen LogP contribution in [0.15, 0.2) is 77.5 Å². The Morgan fingerprint density at radius 3 is 2.54 bits per heavy atom. The van der Waals surface area contributed by atoms with E-state index in [0.717, 1.165) is 16.5 Å². The van der Waals surface area contributed by atoms with Gasteiger partial charge in [0.1, 0.15) is 11.3 Å². The van der Waals surface area contributed by atoms with Crippen molar-refractivity contribution in [1.29, 1.82) is 0 Å². The molecular formula is C22H19N3O3. The second-order valence-corrected chi connectivity index (χ2v) is 6.37. The first-order valence-corrected chi connectivity index (χ1v) is 8.97. The quantitative estimate of drug-likeness (QED) is 0.549. The number of benzene rings is 2. The normalized spacial score (nSPS) is 11.9. The predicted octanol–water partition coefficient (Wildman–Crippen LogP) is 4.15. The number of fused-ring (bicyclic) bond motifs is 1. The van der Waals surface area contributed by atoms with Crippen LogP contribution in [0.4, 0.5) is 0 Å². The highest BCUT2D eigenvalue weighted by Gasteiger charge is 2.14. The lowest BCUT2D eigenvalue weighted by Gasteiger charge is -2.12. The minimum absolute atomic E-state index is 0.126. The lowest BCUT2D eigenvalue weighted by molar-refractivity contribution is -0.123. The summed E-state index contributed by atoms with van der Waals surface area (Å²) in [6.45, 7) is 1.74. The number of carbonyl (C=O) groups is 1. The molecule has 0 bridgehead atoms. The molecule has 0 unspecified atom stereocenters. The maximum atomic E-state index is 12.2. The second kappa shape index (κ2) is 7.92. The fourth-order valence-electron chi connectivity index (χ4n) is 2.85. The molecule has 0 aliphatic rings. The maximum absolute atomic E-state index is 12.2. The fourth-order valence-corrected chi connectivity index (χ4v) is 2.85. The molecule has 1 N–H and O–H groups in total. The summed E-state index contributed by atoms with van der Waals surface area (Å²) in [7, 11) is 0. The van der Waals surface area contributed by atoms with E-state index in [-0.39, 0.29) is 18.6 Å². The SMILES string of the molecule is C[C@@H](NC(=O)COc1cnc(-c2ccccc2)nc1)c1cc2ccccc2o1. The smallest absolute Gasteiger partial charge is 0.258 e. The summed E-state index contributed by atoms with van der Waals surface area (Å²) >= 11 is 0. The van der Waals surface area contributed by atoms with Gasteiger partial charge in [0.25, 0.3) is 5.91 Å². The summed E-state index contributed by atoms with van der Waals surface area (Å²) in [5, 5.41) is 3.87. The van der Waals surface area contributed by atoms with Gasteiger partial charge in [0.2, 0.25) is 0 Å². The van der Waals surface area contributed by atoms with Crippen LogP contribution in [0.25, 0.3) is 22.4 Å². The highest BCUT2D eigenvalue weighted by atomic mass is 16.5. The van der Waals surface area contributed by atoms with Crippen LogP contribution < -0.4 is 10.1 Å². The van der Waals surface area contributed by atoms with Gasteiger partial charge in [-0.25, -0.2) is 9.97 Å². The van der Waals surface area contributed by atoms with Crippen LogP contribution in [0.1, 0.15) is 18.7 Å². The van der Waals surface area contributed by atoms with E-state index in [0.29, 0.717) is 17.3 Å². The van der Waals surface area contributed by atoms with Crippen molar-refractivity contribution in [3.05, 3.63) is 78.8 Å². The van der Waals surface area contributed by atoms with Crippen LogP contribution in [0, 0.1) is 0 Å². The van der Waals surface area contributed by atoms with Crippen molar-refractivity contribution in [3.63, 3.8) is 0 Å². The van der Waals surface area contributed by atoms with Gasteiger partial charge >= 0.3 is 0 Å². The number of rotatable bonds is 6. The lowest BCUT2D eigenvalue weighted by Crippen LogP contribution is -2.31. The first-order chi connectivity index (χ1) is 13.7. The zero-order chi connectivity index (χ0) is 19.3. The molecule has 140 valence electrons. The van der Waals surface area contributed by atoms with Crippen molar-refractivity contribution < 1.29 is 13.9 Å². The second-order valence-electron chi connectivity index (χ2n) is 6.37. The van der Waals surface area contributed by atoms with Crippen molar-refractivity contribution >= 4 is 16.9 Å². The van der Waals surface area contributed by atoms with Crippen LogP contribution in [0.2, 0.25) is 0 Å². The maximum Gasteiger partial charge on any atom is 0.258 e. The van der Waals surface area contributed by atoms with Crippen molar-refractivity contribution in [2.75, 3.05) is 6.61 Å². The first-order valence-electron chi connectivity index (χ1n) is 8.97. The van der Waals surface area contributed by atoms with Gasteiger partial charge in [0.15, 0.2) is 18.2 Å². The third-order valence-corrected chi connectivity index (χ3v) is 4.28. The van der Waals surface area contributed by atoms with Crippen LogP contribution in [0.5, 0.6) is 5.75 Å². The number of para-hydroxylation sites is 1. The molecule has 4 rings (SSSR count). The molecule has 0 radical (unpaired) electrons. The minimum Gasteiger partial charge on any atom is -0.481 e. The molecule has 6 heteroatoms. The average molecular weight is 373 g/mol. The van der Waals surface area contributed by atoms with Crippen LogP contribution in [-0.4, -0.2) is 22.5 Å². The van der Waals surface area contributed by atoms with Crippen LogP contribution in [0.3, 0.4) is 0 Å². The number of ether oxygens (including phenoxy) is 1. The molecule has 0 saturated heterocycles. The average Bonchev–Trinajstić information content (AvgIpc) is 3.18. The number of carbonyl (C=O) groups excluding carboxylic acids is 1. The van der Waals surface area contributed by atoms with Crippen LogP contribution >= 0.6 is 0 Å².